The molecule has 0 aliphatic heterocycles. The number of rotatable bonds is 1. The van der Waals surface area contributed by atoms with Gasteiger partial charge in [0, 0.05) is 12.4 Å². The van der Waals surface area contributed by atoms with E-state index in [4.69, 9.17) is 22.2 Å². The first-order valence-corrected chi connectivity index (χ1v) is 7.41. The van der Waals surface area contributed by atoms with Crippen LogP contribution >= 0.6 is 22.2 Å². The summed E-state index contributed by atoms with van der Waals surface area (Å²) in [6.45, 7) is -0.262. The van der Waals surface area contributed by atoms with E-state index in [1.165, 1.54) is 0 Å². The molecule has 1 heterocycles. The van der Waals surface area contributed by atoms with Gasteiger partial charge in [-0.05, 0) is 23.9 Å². The molecule has 0 radical (unpaired) electrons. The average molecular weight is 192 g/mol. The quantitative estimate of drug-likeness (QED) is 0.488. The Morgan fingerprint density at radius 2 is 1.80 bits per heavy atom. The van der Waals surface area contributed by atoms with Crippen LogP contribution in [0.1, 0.15) is 0 Å². The summed E-state index contributed by atoms with van der Waals surface area (Å²) in [5.74, 6) is 0. The second kappa shape index (κ2) is 2.90. The van der Waals surface area contributed by atoms with Crippen molar-refractivity contribution < 1.29 is 0 Å². The molecular formula is C6H7Cl2NSi. The Morgan fingerprint density at radius 3 is 2.10 bits per heavy atom. The topological polar surface area (TPSA) is 12.9 Å². The van der Waals surface area contributed by atoms with Crippen molar-refractivity contribution in [2.24, 2.45) is 0 Å². The standard InChI is InChI=1S/C6H7Cl2NSi/c1-10(7,8)6-2-4-9-5-3-6/h2-5H,1H3. The monoisotopic (exact) mass is 191 g/mol. The fourth-order valence-corrected chi connectivity index (χ4v) is 2.13. The van der Waals surface area contributed by atoms with Gasteiger partial charge in [0.25, 0.3) is 6.69 Å². The van der Waals surface area contributed by atoms with Gasteiger partial charge in [0.2, 0.25) is 0 Å². The molecule has 0 unspecified atom stereocenters. The van der Waals surface area contributed by atoms with Crippen LogP contribution in [-0.4, -0.2) is 11.7 Å². The van der Waals surface area contributed by atoms with Gasteiger partial charge in [0.15, 0.2) is 0 Å². The van der Waals surface area contributed by atoms with Crippen molar-refractivity contribution in [3.05, 3.63) is 24.5 Å². The summed E-state index contributed by atoms with van der Waals surface area (Å²) < 4.78 is 0. The Morgan fingerprint density at radius 1 is 1.30 bits per heavy atom. The van der Waals surface area contributed by atoms with Crippen LogP contribution in [0.2, 0.25) is 6.55 Å². The molecule has 0 aromatic carbocycles. The van der Waals surface area contributed by atoms with Gasteiger partial charge >= 0.3 is 0 Å². The van der Waals surface area contributed by atoms with Gasteiger partial charge in [-0.25, -0.2) is 0 Å². The highest BCUT2D eigenvalue weighted by Crippen LogP contribution is 2.12. The summed E-state index contributed by atoms with van der Waals surface area (Å²) in [6.07, 6.45) is 3.40. The fraction of sp³-hybridized carbons (Fsp3) is 0.167. The highest BCUT2D eigenvalue weighted by Gasteiger charge is 2.22. The highest BCUT2D eigenvalue weighted by molar-refractivity contribution is 7.50. The molecule has 1 aromatic heterocycles. The van der Waals surface area contributed by atoms with E-state index in [-0.39, 0.29) is 0 Å². The number of pyridine rings is 1. The largest absolute Gasteiger partial charge is 0.277 e. The van der Waals surface area contributed by atoms with E-state index < -0.39 is 6.69 Å². The number of hydrogen-bond acceptors (Lipinski definition) is 1. The molecule has 10 heavy (non-hydrogen) atoms. The van der Waals surface area contributed by atoms with Gasteiger partial charge in [0.05, 0.1) is 0 Å². The van der Waals surface area contributed by atoms with Crippen molar-refractivity contribution in [1.82, 2.24) is 4.98 Å². The summed E-state index contributed by atoms with van der Waals surface area (Å²) in [5.41, 5.74) is 0. The lowest BCUT2D eigenvalue weighted by atomic mass is 10.5. The first-order valence-electron chi connectivity index (χ1n) is 2.89. The van der Waals surface area contributed by atoms with E-state index in [0.717, 1.165) is 5.19 Å². The van der Waals surface area contributed by atoms with Crippen molar-refractivity contribution in [2.75, 3.05) is 0 Å². The molecule has 54 valence electrons. The van der Waals surface area contributed by atoms with E-state index in [0.29, 0.717) is 0 Å². The molecule has 0 spiro atoms. The third kappa shape index (κ3) is 1.97. The SMILES string of the molecule is C[Si](Cl)(Cl)c1ccncc1. The van der Waals surface area contributed by atoms with Crippen LogP contribution in [0.4, 0.5) is 0 Å². The maximum Gasteiger partial charge on any atom is 0.277 e. The van der Waals surface area contributed by atoms with Crippen LogP contribution in [-0.2, 0) is 0 Å². The Bertz CT molecular complexity index is 207. The van der Waals surface area contributed by atoms with Crippen LogP contribution in [0.3, 0.4) is 0 Å². The highest BCUT2D eigenvalue weighted by atomic mass is 35.7. The first kappa shape index (κ1) is 8.05. The minimum absolute atomic E-state index is 1.01. The summed E-state index contributed by atoms with van der Waals surface area (Å²) >= 11 is 11.9. The van der Waals surface area contributed by atoms with Gasteiger partial charge in [-0.2, -0.15) is 0 Å². The lowest BCUT2D eigenvalue weighted by Crippen LogP contribution is -2.32. The number of nitrogens with zero attached hydrogens (tertiary/aromatic N) is 1. The van der Waals surface area contributed by atoms with Gasteiger partial charge < -0.3 is 0 Å². The number of hydrogen-bond donors (Lipinski definition) is 0. The molecule has 0 saturated heterocycles. The van der Waals surface area contributed by atoms with Crippen LogP contribution in [0.15, 0.2) is 24.5 Å². The lowest BCUT2D eigenvalue weighted by molar-refractivity contribution is 1.34. The molecule has 0 saturated carbocycles. The molecule has 0 atom stereocenters. The summed E-state index contributed by atoms with van der Waals surface area (Å²) in [5, 5.41) is 1.01. The molecule has 1 aromatic rings. The molecule has 0 bridgehead atoms. The molecular weight excluding hydrogens is 185 g/mol. The molecule has 0 aliphatic carbocycles. The van der Waals surface area contributed by atoms with E-state index in [1.54, 1.807) is 12.4 Å². The third-order valence-corrected chi connectivity index (χ3v) is 3.84. The second-order valence-electron chi connectivity index (χ2n) is 2.12. The zero-order chi connectivity index (χ0) is 7.61. The van der Waals surface area contributed by atoms with E-state index in [1.807, 2.05) is 18.7 Å². The molecule has 0 fully saturated rings. The minimum atomic E-state index is -2.13. The summed E-state index contributed by atoms with van der Waals surface area (Å²) in [6, 6.07) is 3.71. The van der Waals surface area contributed by atoms with Crippen molar-refractivity contribution in [3.8, 4) is 0 Å². The van der Waals surface area contributed by atoms with Crippen LogP contribution in [0, 0.1) is 0 Å². The molecule has 0 aliphatic rings. The van der Waals surface area contributed by atoms with Gasteiger partial charge in [-0.15, -0.1) is 22.2 Å². The Labute approximate surface area is 70.4 Å². The smallest absolute Gasteiger partial charge is 0.265 e. The van der Waals surface area contributed by atoms with Gasteiger partial charge in [0.1, 0.15) is 0 Å². The Kier molecular flexibility index (Phi) is 2.34. The van der Waals surface area contributed by atoms with E-state index in [9.17, 15) is 0 Å². The minimum Gasteiger partial charge on any atom is -0.265 e. The van der Waals surface area contributed by atoms with Gasteiger partial charge in [-0.3, -0.25) is 4.98 Å². The first-order chi connectivity index (χ1) is 4.61. The van der Waals surface area contributed by atoms with Crippen LogP contribution < -0.4 is 5.19 Å². The molecule has 0 N–H and O–H groups in total. The van der Waals surface area contributed by atoms with Crippen molar-refractivity contribution in [2.45, 2.75) is 6.55 Å². The second-order valence-corrected chi connectivity index (χ2v) is 9.59. The molecule has 1 nitrogen and oxygen atoms in total. The van der Waals surface area contributed by atoms with Crippen molar-refractivity contribution in [3.63, 3.8) is 0 Å². The van der Waals surface area contributed by atoms with E-state index in [2.05, 4.69) is 4.98 Å². The Balaban J connectivity index is 2.97. The normalized spacial score (nSPS) is 11.5. The van der Waals surface area contributed by atoms with Crippen LogP contribution in [0.5, 0.6) is 0 Å². The van der Waals surface area contributed by atoms with Gasteiger partial charge in [-0.1, -0.05) is 0 Å². The van der Waals surface area contributed by atoms with Crippen LogP contribution in [0.25, 0.3) is 0 Å². The zero-order valence-corrected chi connectivity index (χ0v) is 8.02. The predicted molar refractivity (Wildman–Crippen MR) is 47.2 cm³/mol. The summed E-state index contributed by atoms with van der Waals surface area (Å²) in [7, 11) is 0. The Hall–Kier alpha value is -0.0531. The zero-order valence-electron chi connectivity index (χ0n) is 5.51. The lowest BCUT2D eigenvalue weighted by Gasteiger charge is -2.08. The maximum atomic E-state index is 5.94. The summed E-state index contributed by atoms with van der Waals surface area (Å²) in [4.78, 5) is 3.86. The molecule has 1 rings (SSSR count). The van der Waals surface area contributed by atoms with Crippen molar-refractivity contribution >= 4 is 34.0 Å². The van der Waals surface area contributed by atoms with Crippen molar-refractivity contribution in [1.29, 1.82) is 0 Å². The fourth-order valence-electron chi connectivity index (χ4n) is 0.645. The molecule has 4 heteroatoms. The number of aromatic nitrogens is 1. The maximum absolute atomic E-state index is 5.94. The molecule has 0 amide bonds. The third-order valence-electron chi connectivity index (χ3n) is 1.19. The average Bonchev–Trinajstić information content (AvgIpc) is 1.88. The van der Waals surface area contributed by atoms with E-state index >= 15 is 0 Å². The predicted octanol–water partition coefficient (Wildman–Crippen LogP) is 1.84. The number of halogens is 2.